The second kappa shape index (κ2) is 6.57. The van der Waals surface area contributed by atoms with Crippen LogP contribution in [-0.4, -0.2) is 18.1 Å². The molecule has 0 radical (unpaired) electrons. The first-order valence-electron chi connectivity index (χ1n) is 5.39. The molecule has 0 aromatic heterocycles. The average Bonchev–Trinajstić information content (AvgIpc) is 2.25. The van der Waals surface area contributed by atoms with Gasteiger partial charge in [-0.1, -0.05) is 44.2 Å². The van der Waals surface area contributed by atoms with Crippen LogP contribution in [0, 0.1) is 0 Å². The molecule has 0 aliphatic carbocycles. The van der Waals surface area contributed by atoms with E-state index in [4.69, 9.17) is 0 Å². The molecule has 2 heteroatoms. The maximum Gasteiger partial charge on any atom is 0.0353 e. The van der Waals surface area contributed by atoms with Crippen molar-refractivity contribution in [3.05, 3.63) is 35.9 Å². The summed E-state index contributed by atoms with van der Waals surface area (Å²) in [5, 5.41) is 2.26. The Balaban J connectivity index is 2.32. The van der Waals surface area contributed by atoms with Crippen LogP contribution in [0.15, 0.2) is 30.3 Å². The molecule has 1 aromatic carbocycles. The van der Waals surface area contributed by atoms with Crippen molar-refractivity contribution in [1.82, 2.24) is 10.4 Å². The van der Waals surface area contributed by atoms with Crippen LogP contribution < -0.4 is 5.43 Å². The molecule has 2 nitrogen and oxygen atoms in total. The molecule has 1 N–H and O–H groups in total. The van der Waals surface area contributed by atoms with Crippen LogP contribution >= 0.6 is 0 Å². The molecule has 0 unspecified atom stereocenters. The Bertz CT molecular complexity index is 233. The fourth-order valence-corrected chi connectivity index (χ4v) is 1.42. The normalized spacial score (nSPS) is 10.8. The van der Waals surface area contributed by atoms with E-state index in [9.17, 15) is 0 Å². The Hall–Kier alpha value is -0.860. The van der Waals surface area contributed by atoms with Crippen LogP contribution in [0.4, 0.5) is 0 Å². The second-order valence-electron chi connectivity index (χ2n) is 3.40. The fourth-order valence-electron chi connectivity index (χ4n) is 1.42. The molecule has 0 fully saturated rings. The second-order valence-corrected chi connectivity index (χ2v) is 3.40. The maximum absolute atomic E-state index is 3.42. The minimum absolute atomic E-state index is 0.925. The lowest BCUT2D eigenvalue weighted by molar-refractivity contribution is 0.194. The van der Waals surface area contributed by atoms with Crippen LogP contribution in [0.25, 0.3) is 0 Å². The van der Waals surface area contributed by atoms with E-state index in [0.717, 1.165) is 19.6 Å². The van der Waals surface area contributed by atoms with Gasteiger partial charge < -0.3 is 0 Å². The Labute approximate surface area is 86.9 Å². The molecular weight excluding hydrogens is 172 g/mol. The van der Waals surface area contributed by atoms with Crippen LogP contribution in [0.3, 0.4) is 0 Å². The molecule has 0 heterocycles. The Kier molecular flexibility index (Phi) is 5.27. The van der Waals surface area contributed by atoms with Gasteiger partial charge in [0.1, 0.15) is 0 Å². The molecule has 0 atom stereocenters. The van der Waals surface area contributed by atoms with Gasteiger partial charge in [0.15, 0.2) is 0 Å². The standard InChI is InChI=1S/C12H20N2/c1-3-10-14(4-2)13-11-12-8-6-5-7-9-12/h5-9,13H,3-4,10-11H2,1-2H3. The quantitative estimate of drug-likeness (QED) is 0.696. The van der Waals surface area contributed by atoms with E-state index < -0.39 is 0 Å². The maximum atomic E-state index is 3.42. The van der Waals surface area contributed by atoms with Gasteiger partial charge in [-0.3, -0.25) is 5.43 Å². The van der Waals surface area contributed by atoms with Gasteiger partial charge >= 0.3 is 0 Å². The van der Waals surface area contributed by atoms with Crippen LogP contribution in [-0.2, 0) is 6.54 Å². The number of rotatable bonds is 6. The number of nitrogens with one attached hydrogen (secondary N) is 1. The Morgan fingerprint density at radius 2 is 1.86 bits per heavy atom. The van der Waals surface area contributed by atoms with Gasteiger partial charge in [-0.25, -0.2) is 5.01 Å². The summed E-state index contributed by atoms with van der Waals surface area (Å²) in [6, 6.07) is 10.5. The van der Waals surface area contributed by atoms with Crippen molar-refractivity contribution in [3.63, 3.8) is 0 Å². The molecular formula is C12H20N2. The van der Waals surface area contributed by atoms with Gasteiger partial charge in [-0.15, -0.1) is 0 Å². The van der Waals surface area contributed by atoms with Crippen molar-refractivity contribution >= 4 is 0 Å². The highest BCUT2D eigenvalue weighted by atomic mass is 15.5. The van der Waals surface area contributed by atoms with E-state index in [0.29, 0.717) is 0 Å². The number of hydrazine groups is 1. The monoisotopic (exact) mass is 192 g/mol. The molecule has 1 aromatic rings. The van der Waals surface area contributed by atoms with Crippen LogP contribution in [0.1, 0.15) is 25.8 Å². The molecule has 0 saturated carbocycles. The molecule has 0 bridgehead atoms. The number of benzene rings is 1. The van der Waals surface area contributed by atoms with Crippen LogP contribution in [0.5, 0.6) is 0 Å². The zero-order valence-corrected chi connectivity index (χ0v) is 9.16. The molecule has 0 amide bonds. The van der Waals surface area contributed by atoms with Crippen molar-refractivity contribution in [3.8, 4) is 0 Å². The summed E-state index contributed by atoms with van der Waals surface area (Å²) < 4.78 is 0. The van der Waals surface area contributed by atoms with E-state index in [1.54, 1.807) is 0 Å². The summed E-state index contributed by atoms with van der Waals surface area (Å²) in [6.07, 6.45) is 1.19. The lowest BCUT2D eigenvalue weighted by atomic mass is 10.2. The molecule has 1 rings (SSSR count). The van der Waals surface area contributed by atoms with Crippen molar-refractivity contribution in [1.29, 1.82) is 0 Å². The molecule has 0 saturated heterocycles. The van der Waals surface area contributed by atoms with Crippen LogP contribution in [0.2, 0.25) is 0 Å². The minimum Gasteiger partial charge on any atom is -0.251 e. The largest absolute Gasteiger partial charge is 0.251 e. The molecule has 78 valence electrons. The van der Waals surface area contributed by atoms with Gasteiger partial charge in [-0.05, 0) is 12.0 Å². The predicted molar refractivity (Wildman–Crippen MR) is 60.8 cm³/mol. The number of hydrogen-bond acceptors (Lipinski definition) is 2. The van der Waals surface area contributed by atoms with Crippen molar-refractivity contribution in [2.24, 2.45) is 0 Å². The van der Waals surface area contributed by atoms with Gasteiger partial charge in [-0.2, -0.15) is 0 Å². The van der Waals surface area contributed by atoms with Gasteiger partial charge in [0, 0.05) is 19.6 Å². The molecule has 0 aliphatic rings. The average molecular weight is 192 g/mol. The van der Waals surface area contributed by atoms with E-state index in [2.05, 4.69) is 48.5 Å². The first-order valence-corrected chi connectivity index (χ1v) is 5.39. The fraction of sp³-hybridized carbons (Fsp3) is 0.500. The number of nitrogens with zero attached hydrogens (tertiary/aromatic N) is 1. The van der Waals surface area contributed by atoms with Gasteiger partial charge in [0.25, 0.3) is 0 Å². The summed E-state index contributed by atoms with van der Waals surface area (Å²) in [6.45, 7) is 7.47. The SMILES string of the molecule is CCCN(CC)NCc1ccccc1. The van der Waals surface area contributed by atoms with E-state index in [-0.39, 0.29) is 0 Å². The highest BCUT2D eigenvalue weighted by molar-refractivity contribution is 5.13. The smallest absolute Gasteiger partial charge is 0.0353 e. The first kappa shape index (κ1) is 11.2. The third-order valence-corrected chi connectivity index (χ3v) is 2.22. The number of hydrogen-bond donors (Lipinski definition) is 1. The molecule has 14 heavy (non-hydrogen) atoms. The summed E-state index contributed by atoms with van der Waals surface area (Å²) in [5.41, 5.74) is 4.76. The topological polar surface area (TPSA) is 15.3 Å². The Morgan fingerprint density at radius 1 is 1.14 bits per heavy atom. The molecule has 0 aliphatic heterocycles. The Morgan fingerprint density at radius 3 is 2.43 bits per heavy atom. The third kappa shape index (κ3) is 3.90. The lowest BCUT2D eigenvalue weighted by Gasteiger charge is -2.20. The first-order chi connectivity index (χ1) is 6.86. The van der Waals surface area contributed by atoms with E-state index in [1.807, 2.05) is 6.07 Å². The molecule has 0 spiro atoms. The third-order valence-electron chi connectivity index (χ3n) is 2.22. The van der Waals surface area contributed by atoms with Gasteiger partial charge in [0.2, 0.25) is 0 Å². The predicted octanol–water partition coefficient (Wildman–Crippen LogP) is 2.42. The summed E-state index contributed by atoms with van der Waals surface area (Å²) in [7, 11) is 0. The van der Waals surface area contributed by atoms with Gasteiger partial charge in [0.05, 0.1) is 0 Å². The summed E-state index contributed by atoms with van der Waals surface area (Å²) in [5.74, 6) is 0. The minimum atomic E-state index is 0.925. The highest BCUT2D eigenvalue weighted by Gasteiger charge is 1.98. The summed E-state index contributed by atoms with van der Waals surface area (Å²) >= 11 is 0. The lowest BCUT2D eigenvalue weighted by Crippen LogP contribution is -2.37. The van der Waals surface area contributed by atoms with E-state index in [1.165, 1.54) is 12.0 Å². The van der Waals surface area contributed by atoms with Crippen molar-refractivity contribution < 1.29 is 0 Å². The zero-order chi connectivity index (χ0) is 10.2. The summed E-state index contributed by atoms with van der Waals surface area (Å²) in [4.78, 5) is 0. The highest BCUT2D eigenvalue weighted by Crippen LogP contribution is 1.98. The zero-order valence-electron chi connectivity index (χ0n) is 9.16. The van der Waals surface area contributed by atoms with E-state index >= 15 is 0 Å². The van der Waals surface area contributed by atoms with Crippen molar-refractivity contribution in [2.75, 3.05) is 13.1 Å². The van der Waals surface area contributed by atoms with Crippen molar-refractivity contribution in [2.45, 2.75) is 26.8 Å².